The van der Waals surface area contributed by atoms with Crippen LogP contribution in [0.3, 0.4) is 0 Å². The lowest BCUT2D eigenvalue weighted by molar-refractivity contribution is -0.888. The van der Waals surface area contributed by atoms with Crippen molar-refractivity contribution in [2.45, 2.75) is 37.0 Å². The lowest BCUT2D eigenvalue weighted by Crippen LogP contribution is -2.78. The Labute approximate surface area is 122 Å². The summed E-state index contributed by atoms with van der Waals surface area (Å²) in [6, 6.07) is 0. The molecule has 4 aliphatic rings. The normalized spacial score (nSPS) is 36.7. The van der Waals surface area contributed by atoms with Gasteiger partial charge in [-0.15, -0.1) is 0 Å². The van der Waals surface area contributed by atoms with E-state index in [2.05, 4.69) is 0 Å². The predicted octanol–water partition coefficient (Wildman–Crippen LogP) is 0.552. The van der Waals surface area contributed by atoms with E-state index in [9.17, 15) is 40.5 Å². The average molecular weight is 316 g/mol. The Hall–Kier alpha value is -2.40. The zero-order chi connectivity index (χ0) is 16.4. The van der Waals surface area contributed by atoms with Crippen LogP contribution in [0.1, 0.15) is 25.7 Å². The zero-order valence-electron chi connectivity index (χ0n) is 11.2. The molecule has 0 aromatic carbocycles. The van der Waals surface area contributed by atoms with Gasteiger partial charge in [-0.05, 0) is 31.6 Å². The second kappa shape index (κ2) is 4.08. The fourth-order valence-corrected chi connectivity index (χ4v) is 5.12. The molecule has 0 heterocycles. The fourth-order valence-electron chi connectivity index (χ4n) is 5.12. The maximum absolute atomic E-state index is 11.5. The van der Waals surface area contributed by atoms with Crippen molar-refractivity contribution in [3.05, 3.63) is 40.5 Å². The molecule has 0 aromatic rings. The first-order valence-corrected chi connectivity index (χ1v) is 6.78. The van der Waals surface area contributed by atoms with E-state index in [-0.39, 0.29) is 31.6 Å². The summed E-state index contributed by atoms with van der Waals surface area (Å²) in [5.74, 6) is -3.97. The molecule has 0 saturated heterocycles. The van der Waals surface area contributed by atoms with E-state index in [0.29, 0.717) is 0 Å². The van der Waals surface area contributed by atoms with Gasteiger partial charge in [-0.25, -0.2) is 0 Å². The first-order chi connectivity index (χ1) is 10.2. The molecule has 2 unspecified atom stereocenters. The van der Waals surface area contributed by atoms with Crippen molar-refractivity contribution in [3.63, 3.8) is 0 Å². The Kier molecular flexibility index (Phi) is 2.69. The third-order valence-corrected chi connectivity index (χ3v) is 5.77. The summed E-state index contributed by atoms with van der Waals surface area (Å²) in [6.45, 7) is 0. The van der Waals surface area contributed by atoms with Crippen LogP contribution in [0.2, 0.25) is 0 Å². The summed E-state index contributed by atoms with van der Waals surface area (Å²) in [5.41, 5.74) is -5.68. The highest BCUT2D eigenvalue weighted by Crippen LogP contribution is 2.64. The van der Waals surface area contributed by atoms with Crippen molar-refractivity contribution in [1.29, 1.82) is 0 Å². The van der Waals surface area contributed by atoms with Gasteiger partial charge in [-0.3, -0.25) is 40.5 Å². The maximum Gasteiger partial charge on any atom is 0.478 e. The van der Waals surface area contributed by atoms with E-state index in [0.717, 1.165) is 0 Å². The number of hydrogen-bond donors (Lipinski definition) is 0. The van der Waals surface area contributed by atoms with Crippen LogP contribution in [-0.4, -0.2) is 31.0 Å². The Morgan fingerprint density at radius 2 is 1.00 bits per heavy atom. The van der Waals surface area contributed by atoms with E-state index in [1.807, 2.05) is 0 Å². The molecule has 0 spiro atoms. The highest BCUT2D eigenvalue weighted by Gasteiger charge is 2.91. The van der Waals surface area contributed by atoms with Crippen LogP contribution in [-0.2, 0) is 0 Å². The number of nitrogens with zero attached hydrogens (tertiary/aromatic N) is 4. The van der Waals surface area contributed by atoms with Gasteiger partial charge in [0.05, 0.1) is 19.7 Å². The molecular weight excluding hydrogens is 304 g/mol. The summed E-state index contributed by atoms with van der Waals surface area (Å²) in [5, 5.41) is 46.0. The van der Waals surface area contributed by atoms with E-state index < -0.39 is 48.8 Å². The van der Waals surface area contributed by atoms with Crippen LogP contribution in [0.25, 0.3) is 0 Å². The van der Waals surface area contributed by atoms with Crippen molar-refractivity contribution in [3.8, 4) is 0 Å². The number of rotatable bonds is 4. The molecule has 0 N–H and O–H groups in total. The molecule has 4 aliphatic carbocycles. The van der Waals surface area contributed by atoms with Crippen LogP contribution >= 0.6 is 0 Å². The lowest BCUT2D eigenvalue weighted by atomic mass is 9.47. The Morgan fingerprint density at radius 3 is 1.32 bits per heavy atom. The minimum absolute atomic E-state index is 0.158. The highest BCUT2D eigenvalue weighted by molar-refractivity contribution is 5.10. The van der Waals surface area contributed by atoms with Gasteiger partial charge in [-0.1, -0.05) is 0 Å². The van der Waals surface area contributed by atoms with E-state index in [1.54, 1.807) is 0 Å². The van der Waals surface area contributed by atoms with Gasteiger partial charge in [0.25, 0.3) is 0 Å². The second-order valence-electron chi connectivity index (χ2n) is 6.35. The quantitative estimate of drug-likeness (QED) is 0.410. The van der Waals surface area contributed by atoms with Gasteiger partial charge < -0.3 is 0 Å². The third-order valence-electron chi connectivity index (χ3n) is 5.77. The molecule has 0 aliphatic heterocycles. The minimum Gasteiger partial charge on any atom is -0.258 e. The van der Waals surface area contributed by atoms with Crippen LogP contribution < -0.4 is 0 Å². The minimum atomic E-state index is -2.84. The largest absolute Gasteiger partial charge is 0.478 e. The summed E-state index contributed by atoms with van der Waals surface area (Å²) in [6.07, 6.45) is -0.00518. The summed E-state index contributed by atoms with van der Waals surface area (Å²) in [7, 11) is 0. The molecule has 12 nitrogen and oxygen atoms in total. The Bertz CT molecular complexity index is 530. The van der Waals surface area contributed by atoms with Gasteiger partial charge in [0.1, 0.15) is 11.8 Å². The lowest BCUT2D eigenvalue weighted by Gasteiger charge is -2.52. The van der Waals surface area contributed by atoms with Crippen LogP contribution in [0.5, 0.6) is 0 Å². The molecule has 4 atom stereocenters. The van der Waals surface area contributed by atoms with E-state index >= 15 is 0 Å². The predicted molar refractivity (Wildman–Crippen MR) is 65.9 cm³/mol. The van der Waals surface area contributed by atoms with Crippen LogP contribution in [0.15, 0.2) is 0 Å². The monoisotopic (exact) mass is 316 g/mol. The molecular formula is C10H12N4O8. The van der Waals surface area contributed by atoms with E-state index in [1.165, 1.54) is 0 Å². The standard InChI is InChI=1S/C10H12N4O8/c15-11(16)9(12(17)18)6-1-5-2-7(4-6)10(13(19)20,14(21)22)8(9)3-5/h5-8H,1-4H2/t5?,6-,7+,8?. The summed E-state index contributed by atoms with van der Waals surface area (Å²) in [4.78, 5) is 41.5. The molecule has 4 fully saturated rings. The molecule has 4 saturated carbocycles. The first kappa shape index (κ1) is 14.5. The molecule has 12 heteroatoms. The SMILES string of the molecule is O=[N+]([O-])C1([N+](=O)[O-])C2CC3C[C@@H]1C[C@H](C3)C2([N+](=O)[O-])[N+](=O)[O-]. The van der Waals surface area contributed by atoms with Gasteiger partial charge in [0.2, 0.25) is 5.92 Å². The van der Waals surface area contributed by atoms with E-state index in [4.69, 9.17) is 0 Å². The summed E-state index contributed by atoms with van der Waals surface area (Å²) < 4.78 is 0. The topological polar surface area (TPSA) is 173 Å². The average Bonchev–Trinajstić information content (AvgIpc) is 2.36. The van der Waals surface area contributed by atoms with Gasteiger partial charge in [0.15, 0.2) is 0 Å². The number of nitro groups is 4. The highest BCUT2D eigenvalue weighted by atomic mass is 16.7. The molecule has 4 rings (SSSR count). The van der Waals surface area contributed by atoms with Crippen LogP contribution in [0.4, 0.5) is 0 Å². The molecule has 22 heavy (non-hydrogen) atoms. The third kappa shape index (κ3) is 1.28. The molecule has 0 aromatic heterocycles. The van der Waals surface area contributed by atoms with Crippen molar-refractivity contribution < 1.29 is 19.7 Å². The Balaban J connectivity index is 2.28. The van der Waals surface area contributed by atoms with Crippen molar-refractivity contribution in [1.82, 2.24) is 0 Å². The molecule has 0 amide bonds. The molecule has 120 valence electrons. The van der Waals surface area contributed by atoms with Crippen molar-refractivity contribution in [2.75, 3.05) is 0 Å². The first-order valence-electron chi connectivity index (χ1n) is 6.78. The van der Waals surface area contributed by atoms with Crippen molar-refractivity contribution >= 4 is 0 Å². The van der Waals surface area contributed by atoms with Gasteiger partial charge >= 0.3 is 11.3 Å². The zero-order valence-corrected chi connectivity index (χ0v) is 11.2. The second-order valence-corrected chi connectivity index (χ2v) is 6.35. The maximum atomic E-state index is 11.5. The summed E-state index contributed by atoms with van der Waals surface area (Å²) >= 11 is 0. The van der Waals surface area contributed by atoms with Crippen molar-refractivity contribution in [2.24, 2.45) is 23.7 Å². The molecule has 0 radical (unpaired) electrons. The number of hydrogen-bond acceptors (Lipinski definition) is 8. The van der Waals surface area contributed by atoms with Gasteiger partial charge in [0, 0.05) is 0 Å². The smallest absolute Gasteiger partial charge is 0.258 e. The fraction of sp³-hybridized carbons (Fsp3) is 1.00. The Morgan fingerprint density at radius 1 is 0.636 bits per heavy atom. The van der Waals surface area contributed by atoms with Crippen LogP contribution in [0, 0.1) is 64.1 Å². The molecule has 4 bridgehead atoms. The van der Waals surface area contributed by atoms with Gasteiger partial charge in [-0.2, -0.15) is 0 Å².